The van der Waals surface area contributed by atoms with E-state index >= 15 is 0 Å². The van der Waals surface area contributed by atoms with Gasteiger partial charge in [-0.3, -0.25) is 14.7 Å². The van der Waals surface area contributed by atoms with Gasteiger partial charge < -0.3 is 10.2 Å². The number of carbonyl (C=O) groups excluding carboxylic acids is 1. The predicted molar refractivity (Wildman–Crippen MR) is 87.5 cm³/mol. The number of rotatable bonds is 2. The number of nitrogens with zero attached hydrogens (tertiary/aromatic N) is 3. The van der Waals surface area contributed by atoms with Crippen molar-refractivity contribution in [3.05, 3.63) is 30.1 Å². The molecule has 0 aromatic carbocycles. The average Bonchev–Trinajstić information content (AvgIpc) is 2.98. The number of hydrogen-bond acceptors (Lipinski definition) is 4. The quantitative estimate of drug-likeness (QED) is 0.879. The van der Waals surface area contributed by atoms with E-state index in [1.165, 1.54) is 0 Å². The van der Waals surface area contributed by atoms with Crippen LogP contribution in [0.3, 0.4) is 0 Å². The first-order valence-corrected chi connectivity index (χ1v) is 6.99. The molecule has 0 bridgehead atoms. The van der Waals surface area contributed by atoms with Gasteiger partial charge in [0.05, 0.1) is 0 Å². The lowest BCUT2D eigenvalue weighted by Crippen LogP contribution is -2.49. The molecule has 1 aromatic rings. The van der Waals surface area contributed by atoms with Crippen LogP contribution in [0.4, 0.5) is 0 Å². The number of amides is 1. The normalized spacial score (nSPS) is 22.3. The number of aromatic nitrogens is 1. The molecule has 2 aliphatic heterocycles. The van der Waals surface area contributed by atoms with E-state index in [1.54, 1.807) is 12.3 Å². The smallest absolute Gasteiger partial charge is 0.272 e. The van der Waals surface area contributed by atoms with Gasteiger partial charge in [-0.1, -0.05) is 6.07 Å². The molecule has 3 rings (SSSR count). The van der Waals surface area contributed by atoms with Crippen molar-refractivity contribution in [3.63, 3.8) is 0 Å². The molecule has 5 nitrogen and oxygen atoms in total. The summed E-state index contributed by atoms with van der Waals surface area (Å²) in [5.41, 5.74) is 0.559. The van der Waals surface area contributed by atoms with Gasteiger partial charge in [0.25, 0.3) is 5.91 Å². The fourth-order valence-corrected chi connectivity index (χ4v) is 2.92. The number of nitrogens with one attached hydrogen (secondary N) is 1. The second kappa shape index (κ2) is 8.54. The van der Waals surface area contributed by atoms with Crippen molar-refractivity contribution in [2.75, 3.05) is 39.3 Å². The van der Waals surface area contributed by atoms with Crippen LogP contribution in [-0.2, 0) is 0 Å². The molecule has 0 aliphatic carbocycles. The second-order valence-corrected chi connectivity index (χ2v) is 5.19. The first-order valence-electron chi connectivity index (χ1n) is 6.99. The summed E-state index contributed by atoms with van der Waals surface area (Å²) in [5, 5.41) is 3.37. The SMILES string of the molecule is Cl.Cl.O=C(c1ccccn1)N1CCC(N2CCNCC2)C1. The van der Waals surface area contributed by atoms with E-state index in [1.807, 2.05) is 17.0 Å². The highest BCUT2D eigenvalue weighted by Gasteiger charge is 2.31. The summed E-state index contributed by atoms with van der Waals surface area (Å²) in [6.45, 7) is 6.00. The van der Waals surface area contributed by atoms with Crippen molar-refractivity contribution in [1.82, 2.24) is 20.1 Å². The molecule has 2 saturated heterocycles. The van der Waals surface area contributed by atoms with Gasteiger partial charge in [0, 0.05) is 51.5 Å². The second-order valence-electron chi connectivity index (χ2n) is 5.19. The molecule has 0 radical (unpaired) electrons. The predicted octanol–water partition coefficient (Wildman–Crippen LogP) is 1.04. The van der Waals surface area contributed by atoms with E-state index in [0.29, 0.717) is 11.7 Å². The van der Waals surface area contributed by atoms with Gasteiger partial charge in [0.2, 0.25) is 0 Å². The Labute approximate surface area is 137 Å². The van der Waals surface area contributed by atoms with Crippen molar-refractivity contribution in [1.29, 1.82) is 0 Å². The van der Waals surface area contributed by atoms with E-state index in [-0.39, 0.29) is 30.7 Å². The van der Waals surface area contributed by atoms with E-state index < -0.39 is 0 Å². The third kappa shape index (κ3) is 4.30. The first-order chi connectivity index (χ1) is 9.34. The molecule has 3 heterocycles. The highest BCUT2D eigenvalue weighted by Crippen LogP contribution is 2.17. The summed E-state index contributed by atoms with van der Waals surface area (Å²) in [5.74, 6) is 0.0678. The van der Waals surface area contributed by atoms with Crippen LogP contribution in [0, 0.1) is 0 Å². The van der Waals surface area contributed by atoms with Crippen LogP contribution < -0.4 is 5.32 Å². The monoisotopic (exact) mass is 332 g/mol. The van der Waals surface area contributed by atoms with Crippen molar-refractivity contribution in [2.45, 2.75) is 12.5 Å². The minimum atomic E-state index is 0. The number of piperazine rings is 1. The maximum Gasteiger partial charge on any atom is 0.272 e. The lowest BCUT2D eigenvalue weighted by Gasteiger charge is -2.32. The molecule has 2 aliphatic rings. The number of pyridine rings is 1. The van der Waals surface area contributed by atoms with Crippen LogP contribution >= 0.6 is 24.8 Å². The Morgan fingerprint density at radius 3 is 2.62 bits per heavy atom. The molecular weight excluding hydrogens is 311 g/mol. The summed E-state index contributed by atoms with van der Waals surface area (Å²) in [6, 6.07) is 6.02. The molecule has 0 saturated carbocycles. The summed E-state index contributed by atoms with van der Waals surface area (Å²) >= 11 is 0. The van der Waals surface area contributed by atoms with E-state index in [9.17, 15) is 4.79 Å². The first kappa shape index (κ1) is 18.2. The van der Waals surface area contributed by atoms with Crippen molar-refractivity contribution in [3.8, 4) is 0 Å². The van der Waals surface area contributed by atoms with Crippen LogP contribution in [0.2, 0.25) is 0 Å². The minimum Gasteiger partial charge on any atom is -0.336 e. The molecule has 2 fully saturated rings. The highest BCUT2D eigenvalue weighted by atomic mass is 35.5. The van der Waals surface area contributed by atoms with Gasteiger partial charge in [-0.05, 0) is 18.6 Å². The molecule has 0 spiro atoms. The zero-order chi connectivity index (χ0) is 13.1. The van der Waals surface area contributed by atoms with Gasteiger partial charge in [0.15, 0.2) is 0 Å². The van der Waals surface area contributed by atoms with Gasteiger partial charge in [-0.25, -0.2) is 0 Å². The molecule has 118 valence electrons. The van der Waals surface area contributed by atoms with E-state index in [4.69, 9.17) is 0 Å². The van der Waals surface area contributed by atoms with Crippen molar-refractivity contribution in [2.24, 2.45) is 0 Å². The van der Waals surface area contributed by atoms with Crippen LogP contribution in [0.1, 0.15) is 16.9 Å². The maximum atomic E-state index is 12.3. The van der Waals surface area contributed by atoms with E-state index in [2.05, 4.69) is 15.2 Å². The lowest BCUT2D eigenvalue weighted by atomic mass is 10.2. The minimum absolute atomic E-state index is 0. The Morgan fingerprint density at radius 1 is 1.19 bits per heavy atom. The largest absolute Gasteiger partial charge is 0.336 e. The third-order valence-corrected chi connectivity index (χ3v) is 4.00. The summed E-state index contributed by atoms with van der Waals surface area (Å²) in [6.07, 6.45) is 2.76. The third-order valence-electron chi connectivity index (χ3n) is 4.00. The van der Waals surface area contributed by atoms with Crippen LogP contribution in [0.25, 0.3) is 0 Å². The molecule has 1 aromatic heterocycles. The number of hydrogen-bond donors (Lipinski definition) is 1. The number of carbonyl (C=O) groups is 1. The Balaban J connectivity index is 0.00000110. The van der Waals surface area contributed by atoms with Gasteiger partial charge in [-0.15, -0.1) is 24.8 Å². The Bertz CT molecular complexity index is 440. The molecule has 1 amide bonds. The van der Waals surface area contributed by atoms with Gasteiger partial charge in [0.1, 0.15) is 5.69 Å². The average molecular weight is 333 g/mol. The standard InChI is InChI=1S/C14H20N4O.2ClH/c19-14(13-3-1-2-5-16-13)18-8-4-12(11-18)17-9-6-15-7-10-17;;/h1-3,5,12,15H,4,6-11H2;2*1H. The molecule has 1 unspecified atom stereocenters. The topological polar surface area (TPSA) is 48.5 Å². The summed E-state index contributed by atoms with van der Waals surface area (Å²) < 4.78 is 0. The summed E-state index contributed by atoms with van der Waals surface area (Å²) in [4.78, 5) is 20.9. The fraction of sp³-hybridized carbons (Fsp3) is 0.571. The number of halogens is 2. The van der Waals surface area contributed by atoms with Gasteiger partial charge >= 0.3 is 0 Å². The Morgan fingerprint density at radius 2 is 1.95 bits per heavy atom. The molecule has 21 heavy (non-hydrogen) atoms. The highest BCUT2D eigenvalue weighted by molar-refractivity contribution is 5.92. The zero-order valence-corrected chi connectivity index (χ0v) is 13.5. The Kier molecular flexibility index (Phi) is 7.39. The lowest BCUT2D eigenvalue weighted by molar-refractivity contribution is 0.0767. The van der Waals surface area contributed by atoms with Crippen LogP contribution in [0.15, 0.2) is 24.4 Å². The van der Waals surface area contributed by atoms with Crippen LogP contribution in [0.5, 0.6) is 0 Å². The fourth-order valence-electron chi connectivity index (χ4n) is 2.92. The van der Waals surface area contributed by atoms with Crippen molar-refractivity contribution < 1.29 is 4.79 Å². The molecule has 1 N–H and O–H groups in total. The van der Waals surface area contributed by atoms with Gasteiger partial charge in [-0.2, -0.15) is 0 Å². The zero-order valence-electron chi connectivity index (χ0n) is 11.9. The van der Waals surface area contributed by atoms with Crippen molar-refractivity contribution >= 4 is 30.7 Å². The van der Waals surface area contributed by atoms with Crippen LogP contribution in [-0.4, -0.2) is 66.0 Å². The molecule has 1 atom stereocenters. The van der Waals surface area contributed by atoms with E-state index in [0.717, 1.165) is 45.7 Å². The maximum absolute atomic E-state index is 12.3. The summed E-state index contributed by atoms with van der Waals surface area (Å²) in [7, 11) is 0. The molecular formula is C14H22Cl2N4O. The Hall–Kier alpha value is -0.880. The number of likely N-dealkylation sites (tertiary alicyclic amines) is 1. The molecule has 7 heteroatoms.